The summed E-state index contributed by atoms with van der Waals surface area (Å²) in [6, 6.07) is 12.7. The molecule has 2 aliphatic rings. The number of carbonyl (C=O) groups is 1. The molecule has 2 saturated heterocycles. The third-order valence-electron chi connectivity index (χ3n) is 6.85. The molecule has 0 aliphatic carbocycles. The average molecular weight is 502 g/mol. The Bertz CT molecular complexity index is 1520. The van der Waals surface area contributed by atoms with Crippen LogP contribution in [0.5, 0.6) is 0 Å². The molecule has 1 amide bonds. The zero-order chi connectivity index (χ0) is 24.8. The van der Waals surface area contributed by atoms with E-state index >= 15 is 0 Å². The Morgan fingerprint density at radius 3 is 2.75 bits per heavy atom. The van der Waals surface area contributed by atoms with E-state index in [0.29, 0.717) is 36.7 Å². The van der Waals surface area contributed by atoms with Crippen molar-refractivity contribution in [1.82, 2.24) is 14.7 Å². The van der Waals surface area contributed by atoms with Crippen LogP contribution in [0.3, 0.4) is 0 Å². The highest BCUT2D eigenvalue weighted by molar-refractivity contribution is 7.18. The molecule has 0 bridgehead atoms. The van der Waals surface area contributed by atoms with E-state index in [1.54, 1.807) is 6.07 Å². The van der Waals surface area contributed by atoms with Crippen molar-refractivity contribution >= 4 is 33.8 Å². The van der Waals surface area contributed by atoms with Crippen molar-refractivity contribution in [1.29, 1.82) is 0 Å². The second-order valence-corrected chi connectivity index (χ2v) is 10.4. The Labute approximate surface area is 211 Å². The van der Waals surface area contributed by atoms with E-state index in [0.717, 1.165) is 39.7 Å². The van der Waals surface area contributed by atoms with Crippen LogP contribution in [0, 0.1) is 12.4 Å². The van der Waals surface area contributed by atoms with Crippen LogP contribution in [0.15, 0.2) is 48.7 Å². The summed E-state index contributed by atoms with van der Waals surface area (Å²) >= 11 is 1.40. The van der Waals surface area contributed by atoms with Crippen LogP contribution in [0.25, 0.3) is 37.3 Å². The van der Waals surface area contributed by atoms with Gasteiger partial charge in [0.05, 0.1) is 36.2 Å². The van der Waals surface area contributed by atoms with Crippen molar-refractivity contribution in [3.8, 4) is 21.6 Å². The van der Waals surface area contributed by atoms with Gasteiger partial charge < -0.3 is 15.4 Å². The van der Waals surface area contributed by atoms with E-state index in [2.05, 4.69) is 16.0 Å². The maximum Gasteiger partial charge on any atom is 0.264 e. The first-order valence-electron chi connectivity index (χ1n) is 11.9. The lowest BCUT2D eigenvalue weighted by Gasteiger charge is -2.30. The van der Waals surface area contributed by atoms with Crippen molar-refractivity contribution in [3.63, 3.8) is 0 Å². The van der Waals surface area contributed by atoms with Crippen molar-refractivity contribution in [2.75, 3.05) is 26.3 Å². The fraction of sp³-hybridized carbons (Fsp3) is 0.296. The molecule has 0 unspecified atom stereocenters. The van der Waals surface area contributed by atoms with E-state index in [4.69, 9.17) is 17.0 Å². The predicted octanol–water partition coefficient (Wildman–Crippen LogP) is 5.26. The van der Waals surface area contributed by atoms with Gasteiger partial charge in [-0.3, -0.25) is 9.48 Å². The lowest BCUT2D eigenvalue weighted by Crippen LogP contribution is -2.45. The van der Waals surface area contributed by atoms with Gasteiger partial charge in [0.25, 0.3) is 5.91 Å². The smallest absolute Gasteiger partial charge is 0.264 e. The standard InChI is InChI=1S/C27H24FN5O2S/c1-30-24-7-4-16(10-22(24)28)21-11-25(27(34)32-8-2-3-19(29)13-32)36-26(21)17-5-6-23-18(9-17)12-33(31-23)20-14-35-15-20/h4-7,9-12,19-20H,2-3,8,13-15,29H2/t19-/m1/s1. The number of carbonyl (C=O) groups excluding carboxylic acids is 1. The van der Waals surface area contributed by atoms with Gasteiger partial charge in [-0.2, -0.15) is 5.10 Å². The Balaban J connectivity index is 1.44. The second kappa shape index (κ2) is 9.13. The van der Waals surface area contributed by atoms with Gasteiger partial charge in [0.15, 0.2) is 0 Å². The molecule has 1 atom stereocenters. The quantitative estimate of drug-likeness (QED) is 0.387. The summed E-state index contributed by atoms with van der Waals surface area (Å²) in [4.78, 5) is 19.9. The van der Waals surface area contributed by atoms with Gasteiger partial charge in [-0.05, 0) is 48.2 Å². The molecule has 2 aromatic heterocycles. The van der Waals surface area contributed by atoms with E-state index < -0.39 is 5.82 Å². The van der Waals surface area contributed by atoms with Crippen molar-refractivity contribution in [3.05, 3.63) is 70.8 Å². The highest BCUT2D eigenvalue weighted by Gasteiger charge is 2.26. The van der Waals surface area contributed by atoms with Gasteiger partial charge in [-0.15, -0.1) is 11.3 Å². The highest BCUT2D eigenvalue weighted by atomic mass is 32.1. The number of thiophene rings is 1. The van der Waals surface area contributed by atoms with Crippen LogP contribution in [0.1, 0.15) is 28.6 Å². The van der Waals surface area contributed by atoms with Crippen LogP contribution >= 0.6 is 11.3 Å². The first-order chi connectivity index (χ1) is 17.5. The number of halogens is 1. The monoisotopic (exact) mass is 501 g/mol. The number of nitrogens with zero attached hydrogens (tertiary/aromatic N) is 4. The second-order valence-electron chi connectivity index (χ2n) is 9.36. The molecular weight excluding hydrogens is 477 g/mol. The molecule has 182 valence electrons. The van der Waals surface area contributed by atoms with Crippen molar-refractivity contribution in [2.24, 2.45) is 5.73 Å². The van der Waals surface area contributed by atoms with E-state index in [-0.39, 0.29) is 23.7 Å². The molecular formula is C27H24FN5O2S. The fourth-order valence-corrected chi connectivity index (χ4v) is 5.93. The summed E-state index contributed by atoms with van der Waals surface area (Å²) in [5, 5.41) is 5.66. The molecule has 4 aromatic rings. The van der Waals surface area contributed by atoms with Gasteiger partial charge >= 0.3 is 0 Å². The SMILES string of the molecule is [C-]#[N+]c1ccc(-c2cc(C(=O)N3CCC[C@@H](N)C3)sc2-c2ccc3nn(C4COC4)cc3c2)cc1F. The number of hydrogen-bond acceptors (Lipinski definition) is 5. The maximum atomic E-state index is 14.6. The predicted molar refractivity (Wildman–Crippen MR) is 138 cm³/mol. The number of benzene rings is 2. The lowest BCUT2D eigenvalue weighted by molar-refractivity contribution is -0.0283. The Morgan fingerprint density at radius 1 is 1.19 bits per heavy atom. The minimum atomic E-state index is -0.575. The van der Waals surface area contributed by atoms with E-state index in [1.165, 1.54) is 23.5 Å². The van der Waals surface area contributed by atoms with Crippen LogP contribution in [-0.4, -0.2) is 52.9 Å². The first-order valence-corrected chi connectivity index (χ1v) is 12.7. The normalized spacial score (nSPS) is 18.2. The van der Waals surface area contributed by atoms with Crippen molar-refractivity contribution in [2.45, 2.75) is 24.9 Å². The number of hydrogen-bond donors (Lipinski definition) is 1. The summed E-state index contributed by atoms with van der Waals surface area (Å²) in [7, 11) is 0. The number of likely N-dealkylation sites (tertiary alicyclic amines) is 1. The van der Waals surface area contributed by atoms with Crippen LogP contribution in [-0.2, 0) is 4.74 Å². The van der Waals surface area contributed by atoms with Gasteiger partial charge in [0.2, 0.25) is 5.69 Å². The van der Waals surface area contributed by atoms with Crippen LogP contribution < -0.4 is 5.73 Å². The molecule has 2 fully saturated rings. The van der Waals surface area contributed by atoms with Gasteiger partial charge in [-0.25, -0.2) is 9.24 Å². The number of amides is 1. The minimum Gasteiger partial charge on any atom is -0.377 e. The summed E-state index contributed by atoms with van der Waals surface area (Å²) < 4.78 is 21.8. The molecule has 2 aromatic carbocycles. The Hall–Kier alpha value is -3.58. The molecule has 36 heavy (non-hydrogen) atoms. The number of rotatable bonds is 4. The topological polar surface area (TPSA) is 77.7 Å². The zero-order valence-corrected chi connectivity index (χ0v) is 20.3. The molecule has 6 rings (SSSR count). The average Bonchev–Trinajstić information content (AvgIpc) is 3.46. The van der Waals surface area contributed by atoms with Gasteiger partial charge in [0, 0.05) is 41.2 Å². The van der Waals surface area contributed by atoms with Crippen molar-refractivity contribution < 1.29 is 13.9 Å². The summed E-state index contributed by atoms with van der Waals surface area (Å²) in [5.74, 6) is -0.631. The minimum absolute atomic E-state index is 0.0168. The van der Waals surface area contributed by atoms with Crippen LogP contribution in [0.2, 0.25) is 0 Å². The zero-order valence-electron chi connectivity index (χ0n) is 19.5. The Morgan fingerprint density at radius 2 is 2.03 bits per heavy atom. The fourth-order valence-electron chi connectivity index (χ4n) is 4.79. The molecule has 2 aliphatic heterocycles. The largest absolute Gasteiger partial charge is 0.377 e. The van der Waals surface area contributed by atoms with Gasteiger partial charge in [0.1, 0.15) is 5.82 Å². The third-order valence-corrected chi connectivity index (χ3v) is 8.02. The number of ether oxygens (including phenoxy) is 1. The number of aromatic nitrogens is 2. The molecule has 4 heterocycles. The molecule has 2 N–H and O–H groups in total. The number of fused-ring (bicyclic) bond motifs is 1. The number of nitrogens with two attached hydrogens (primary N) is 1. The molecule has 0 spiro atoms. The van der Waals surface area contributed by atoms with Crippen LogP contribution in [0.4, 0.5) is 10.1 Å². The summed E-state index contributed by atoms with van der Waals surface area (Å²) in [5.41, 5.74) is 9.30. The molecule has 7 nitrogen and oxygen atoms in total. The first kappa shape index (κ1) is 22.9. The molecule has 9 heteroatoms. The van der Waals surface area contributed by atoms with E-state index in [1.807, 2.05) is 34.0 Å². The van der Waals surface area contributed by atoms with E-state index in [9.17, 15) is 9.18 Å². The summed E-state index contributed by atoms with van der Waals surface area (Å²) in [6.45, 7) is 9.70. The lowest BCUT2D eigenvalue weighted by atomic mass is 10.0. The highest BCUT2D eigenvalue weighted by Crippen LogP contribution is 2.42. The van der Waals surface area contributed by atoms with Gasteiger partial charge in [-0.1, -0.05) is 18.2 Å². The Kier molecular flexibility index (Phi) is 5.80. The summed E-state index contributed by atoms with van der Waals surface area (Å²) in [6.07, 6.45) is 3.82. The maximum absolute atomic E-state index is 14.6. The molecule has 0 radical (unpaired) electrons. The number of piperidine rings is 1. The third kappa shape index (κ3) is 4.07. The molecule has 0 saturated carbocycles.